The van der Waals surface area contributed by atoms with E-state index < -0.39 is 3.79 Å². The molecule has 98 valence electrons. The number of halogens is 3. The van der Waals surface area contributed by atoms with Gasteiger partial charge in [0.25, 0.3) is 3.79 Å². The molecule has 2 atom stereocenters. The molecule has 17 heavy (non-hydrogen) atoms. The molecule has 6 heteroatoms. The summed E-state index contributed by atoms with van der Waals surface area (Å²) in [4.78, 5) is 0. The van der Waals surface area contributed by atoms with Crippen LogP contribution in [-0.4, -0.2) is 28.5 Å². The van der Waals surface area contributed by atoms with E-state index in [9.17, 15) is 0 Å². The third-order valence-electron chi connectivity index (χ3n) is 2.38. The second kappa shape index (κ2) is 6.83. The van der Waals surface area contributed by atoms with E-state index in [1.165, 1.54) is 0 Å². The van der Waals surface area contributed by atoms with Gasteiger partial charge in [0, 0.05) is 0 Å². The average Bonchev–Trinajstić information content (AvgIpc) is 2.27. The van der Waals surface area contributed by atoms with Gasteiger partial charge in [-0.25, -0.2) is 0 Å². The maximum Gasteiger partial charge on any atom is 0.265 e. The number of nitrogens with one attached hydrogen (secondary N) is 1. The first kappa shape index (κ1) is 15.1. The number of hydrogen-bond acceptors (Lipinski definition) is 3. The van der Waals surface area contributed by atoms with Gasteiger partial charge in [0.2, 0.25) is 5.90 Å². The first-order chi connectivity index (χ1) is 7.93. The van der Waals surface area contributed by atoms with Crippen LogP contribution in [0, 0.1) is 5.41 Å². The zero-order valence-electron chi connectivity index (χ0n) is 9.59. The van der Waals surface area contributed by atoms with Gasteiger partial charge in [0.15, 0.2) is 0 Å². The van der Waals surface area contributed by atoms with Crippen LogP contribution in [0.25, 0.3) is 0 Å². The number of rotatable bonds is 4. The van der Waals surface area contributed by atoms with Crippen molar-refractivity contribution in [1.29, 1.82) is 5.41 Å². The predicted octanol–water partition coefficient (Wildman–Crippen LogP) is 3.86. The first-order valence-electron chi connectivity index (χ1n) is 5.55. The fourth-order valence-corrected chi connectivity index (χ4v) is 1.59. The molecular formula is C11H16Cl3NO2. The first-order valence-corrected chi connectivity index (χ1v) is 6.69. The fourth-order valence-electron chi connectivity index (χ4n) is 1.45. The molecule has 0 spiro atoms. The highest BCUT2D eigenvalue weighted by atomic mass is 35.6. The van der Waals surface area contributed by atoms with Crippen LogP contribution in [0.15, 0.2) is 12.2 Å². The maximum atomic E-state index is 7.43. The lowest BCUT2D eigenvalue weighted by Crippen LogP contribution is -2.32. The monoisotopic (exact) mass is 299 g/mol. The molecule has 1 aliphatic heterocycles. The predicted molar refractivity (Wildman–Crippen MR) is 71.3 cm³/mol. The number of ether oxygens (including phenoxy) is 2. The number of alkyl halides is 3. The van der Waals surface area contributed by atoms with E-state index in [4.69, 9.17) is 49.7 Å². The Bertz CT molecular complexity index is 289. The smallest absolute Gasteiger partial charge is 0.265 e. The summed E-state index contributed by atoms with van der Waals surface area (Å²) in [7, 11) is 0. The van der Waals surface area contributed by atoms with Crippen molar-refractivity contribution in [2.75, 3.05) is 6.61 Å². The zero-order chi connectivity index (χ0) is 12.9. The molecule has 1 N–H and O–H groups in total. The lowest BCUT2D eigenvalue weighted by molar-refractivity contribution is 0.0150. The second-order valence-electron chi connectivity index (χ2n) is 3.88. The lowest BCUT2D eigenvalue weighted by atomic mass is 10.1. The van der Waals surface area contributed by atoms with Crippen LogP contribution < -0.4 is 0 Å². The van der Waals surface area contributed by atoms with Crippen LogP contribution in [0.5, 0.6) is 0 Å². The lowest BCUT2D eigenvalue weighted by Gasteiger charge is -2.25. The van der Waals surface area contributed by atoms with Crippen molar-refractivity contribution >= 4 is 40.7 Å². The van der Waals surface area contributed by atoms with E-state index in [1.807, 2.05) is 12.2 Å². The van der Waals surface area contributed by atoms with Crippen molar-refractivity contribution in [2.45, 2.75) is 42.2 Å². The van der Waals surface area contributed by atoms with Gasteiger partial charge in [-0.15, -0.1) is 0 Å². The molecule has 0 aromatic carbocycles. The van der Waals surface area contributed by atoms with Gasteiger partial charge >= 0.3 is 0 Å². The van der Waals surface area contributed by atoms with Crippen molar-refractivity contribution in [1.82, 2.24) is 0 Å². The standard InChI is InChI=1S/C11H16Cl3NO2/c1-2-3-4-8-5-6-9(7-16-8)17-10(15)11(12,13)14/h5-6,8-9,15H,2-4,7H2,1H3/t8-,9-/m0/s1. The minimum atomic E-state index is -1.81. The summed E-state index contributed by atoms with van der Waals surface area (Å²) >= 11 is 16.5. The second-order valence-corrected chi connectivity index (χ2v) is 6.16. The molecule has 0 fully saturated rings. The molecule has 0 amide bonds. The minimum absolute atomic E-state index is 0.136. The normalized spacial score (nSPS) is 24.7. The molecule has 0 aliphatic carbocycles. The SMILES string of the molecule is CCCC[C@H]1C=C[C@H](OC(=N)C(Cl)(Cl)Cl)CO1. The Morgan fingerprint density at radius 2 is 2.18 bits per heavy atom. The molecule has 1 aliphatic rings. The Labute approximate surface area is 117 Å². The Hall–Kier alpha value is 0.0400. The van der Waals surface area contributed by atoms with E-state index in [-0.39, 0.29) is 18.1 Å². The van der Waals surface area contributed by atoms with E-state index in [0.29, 0.717) is 6.61 Å². The van der Waals surface area contributed by atoms with Crippen LogP contribution in [0.2, 0.25) is 0 Å². The van der Waals surface area contributed by atoms with E-state index >= 15 is 0 Å². The molecule has 0 radical (unpaired) electrons. The summed E-state index contributed by atoms with van der Waals surface area (Å²) in [5.41, 5.74) is 0. The summed E-state index contributed by atoms with van der Waals surface area (Å²) in [5, 5.41) is 7.43. The quantitative estimate of drug-likeness (QED) is 0.371. The number of hydrogen-bond donors (Lipinski definition) is 1. The van der Waals surface area contributed by atoms with Crippen molar-refractivity contribution < 1.29 is 9.47 Å². The van der Waals surface area contributed by atoms with Crippen LogP contribution in [0.3, 0.4) is 0 Å². The van der Waals surface area contributed by atoms with Crippen molar-refractivity contribution in [3.05, 3.63) is 12.2 Å². The maximum absolute atomic E-state index is 7.43. The topological polar surface area (TPSA) is 42.3 Å². The molecule has 0 aromatic rings. The largest absolute Gasteiger partial charge is 0.468 e. The molecular weight excluding hydrogens is 284 g/mol. The van der Waals surface area contributed by atoms with Gasteiger partial charge in [-0.1, -0.05) is 60.6 Å². The summed E-state index contributed by atoms with van der Waals surface area (Å²) in [5.74, 6) is -0.382. The highest BCUT2D eigenvalue weighted by Crippen LogP contribution is 2.28. The van der Waals surface area contributed by atoms with E-state index in [1.54, 1.807) is 0 Å². The third-order valence-corrected chi connectivity index (χ3v) is 2.90. The van der Waals surface area contributed by atoms with Gasteiger partial charge in [-0.05, 0) is 12.5 Å². The van der Waals surface area contributed by atoms with Crippen molar-refractivity contribution in [3.8, 4) is 0 Å². The molecule has 0 bridgehead atoms. The average molecular weight is 301 g/mol. The molecule has 0 saturated heterocycles. The third kappa shape index (κ3) is 5.47. The van der Waals surface area contributed by atoms with Crippen LogP contribution in [-0.2, 0) is 9.47 Å². The van der Waals surface area contributed by atoms with Gasteiger partial charge in [-0.2, -0.15) is 0 Å². The Balaban J connectivity index is 2.38. The minimum Gasteiger partial charge on any atom is -0.468 e. The van der Waals surface area contributed by atoms with E-state index in [0.717, 1.165) is 19.3 Å². The molecule has 3 nitrogen and oxygen atoms in total. The highest BCUT2D eigenvalue weighted by Gasteiger charge is 2.31. The Kier molecular flexibility index (Phi) is 6.07. The van der Waals surface area contributed by atoms with E-state index in [2.05, 4.69) is 6.92 Å². The van der Waals surface area contributed by atoms with Gasteiger partial charge < -0.3 is 9.47 Å². The molecule has 0 saturated carbocycles. The van der Waals surface area contributed by atoms with Crippen LogP contribution in [0.4, 0.5) is 0 Å². The summed E-state index contributed by atoms with van der Waals surface area (Å²) in [6, 6.07) is 0. The van der Waals surface area contributed by atoms with Gasteiger partial charge in [0.05, 0.1) is 12.7 Å². The van der Waals surface area contributed by atoms with Crippen molar-refractivity contribution in [2.24, 2.45) is 0 Å². The van der Waals surface area contributed by atoms with Crippen LogP contribution in [0.1, 0.15) is 26.2 Å². The van der Waals surface area contributed by atoms with Gasteiger partial charge in [0.1, 0.15) is 6.10 Å². The van der Waals surface area contributed by atoms with Crippen molar-refractivity contribution in [3.63, 3.8) is 0 Å². The van der Waals surface area contributed by atoms with Gasteiger partial charge in [-0.3, -0.25) is 5.41 Å². The molecule has 0 unspecified atom stereocenters. The Morgan fingerprint density at radius 3 is 2.65 bits per heavy atom. The van der Waals surface area contributed by atoms with Crippen LogP contribution >= 0.6 is 34.8 Å². The summed E-state index contributed by atoms with van der Waals surface area (Å²) < 4.78 is 8.94. The number of unbranched alkanes of at least 4 members (excludes halogenated alkanes) is 1. The Morgan fingerprint density at radius 1 is 1.47 bits per heavy atom. The zero-order valence-corrected chi connectivity index (χ0v) is 11.9. The molecule has 0 aromatic heterocycles. The molecule has 1 rings (SSSR count). The molecule has 1 heterocycles. The summed E-state index contributed by atoms with van der Waals surface area (Å²) in [6.07, 6.45) is 6.86. The fraction of sp³-hybridized carbons (Fsp3) is 0.727. The highest BCUT2D eigenvalue weighted by molar-refractivity contribution is 6.76. The summed E-state index contributed by atoms with van der Waals surface area (Å²) in [6.45, 7) is 2.52.